The summed E-state index contributed by atoms with van der Waals surface area (Å²) in [6.45, 7) is 8.43. The van der Waals surface area contributed by atoms with Gasteiger partial charge >= 0.3 is 0 Å². The van der Waals surface area contributed by atoms with E-state index >= 15 is 0 Å². The molecule has 0 aliphatic heterocycles. The summed E-state index contributed by atoms with van der Waals surface area (Å²) in [4.78, 5) is 0. The van der Waals surface area contributed by atoms with E-state index in [2.05, 4.69) is 147 Å². The van der Waals surface area contributed by atoms with Gasteiger partial charge in [0.25, 0.3) is 0 Å². The van der Waals surface area contributed by atoms with Gasteiger partial charge in [0.2, 0.25) is 0 Å². The Labute approximate surface area is 206 Å². The average molecular weight is 481 g/mol. The quantitative estimate of drug-likeness (QED) is 0.166. The molecule has 4 aromatic carbocycles. The molecule has 34 heavy (non-hydrogen) atoms. The lowest BCUT2D eigenvalue weighted by molar-refractivity contribution is 1.42. The van der Waals surface area contributed by atoms with E-state index in [1.54, 1.807) is 0 Å². The van der Waals surface area contributed by atoms with Crippen molar-refractivity contribution in [3.8, 4) is 0 Å². The first-order valence-electron chi connectivity index (χ1n) is 11.9. The Morgan fingerprint density at radius 3 is 0.853 bits per heavy atom. The summed E-state index contributed by atoms with van der Waals surface area (Å²) in [6.07, 6.45) is 8.62. The van der Waals surface area contributed by atoms with Crippen molar-refractivity contribution in [1.29, 1.82) is 0 Å². The minimum atomic E-state index is -1.69. The first-order valence-corrected chi connectivity index (χ1v) is 16.3. The molecular weight excluding hydrogens is 446 g/mol. The highest BCUT2D eigenvalue weighted by Crippen LogP contribution is 2.63. The maximum absolute atomic E-state index is 4.21. The molecule has 4 aromatic rings. The van der Waals surface area contributed by atoms with Crippen LogP contribution in [0, 0.1) is 0 Å². The SMILES string of the molecule is C=CC[P+](CC[P+](CC=C)(c1ccccc1)c1ccccc1)(c1ccccc1)c1ccccc1. The van der Waals surface area contributed by atoms with E-state index < -0.39 is 14.5 Å². The molecule has 0 saturated carbocycles. The van der Waals surface area contributed by atoms with Gasteiger partial charge in [-0.25, -0.2) is 0 Å². The van der Waals surface area contributed by atoms with E-state index in [4.69, 9.17) is 0 Å². The van der Waals surface area contributed by atoms with Crippen molar-refractivity contribution >= 4 is 35.7 Å². The van der Waals surface area contributed by atoms with Crippen LogP contribution in [0.15, 0.2) is 147 Å². The van der Waals surface area contributed by atoms with Crippen LogP contribution in [0.25, 0.3) is 0 Å². The predicted molar refractivity (Wildman–Crippen MR) is 158 cm³/mol. The molecule has 0 aliphatic carbocycles. The van der Waals surface area contributed by atoms with Gasteiger partial charge in [-0.05, 0) is 48.5 Å². The van der Waals surface area contributed by atoms with Gasteiger partial charge < -0.3 is 0 Å². The Balaban J connectivity index is 1.87. The van der Waals surface area contributed by atoms with Crippen LogP contribution in [0.2, 0.25) is 0 Å². The fourth-order valence-electron chi connectivity index (χ4n) is 5.05. The van der Waals surface area contributed by atoms with Crippen LogP contribution in [0.3, 0.4) is 0 Å². The minimum Gasteiger partial charge on any atom is -0.0995 e. The van der Waals surface area contributed by atoms with Crippen molar-refractivity contribution in [2.45, 2.75) is 0 Å². The van der Waals surface area contributed by atoms with Gasteiger partial charge in [-0.2, -0.15) is 0 Å². The van der Waals surface area contributed by atoms with Gasteiger partial charge in [-0.3, -0.25) is 0 Å². The average Bonchev–Trinajstić information content (AvgIpc) is 2.92. The molecule has 0 aromatic heterocycles. The zero-order chi connectivity index (χ0) is 23.7. The standard InChI is InChI=1S/C32H34P2/c1-3-25-33(29-17-9-5-10-18-29,30-19-11-6-12-20-30)27-28-34(26-4-2,31-21-13-7-14-22-31)32-23-15-8-16-24-32/h3-24H,1-2,25-28H2/q+2. The van der Waals surface area contributed by atoms with E-state index in [-0.39, 0.29) is 0 Å². The maximum Gasteiger partial charge on any atom is 0.103 e. The van der Waals surface area contributed by atoms with Crippen LogP contribution in [0.5, 0.6) is 0 Å². The monoisotopic (exact) mass is 480 g/mol. The van der Waals surface area contributed by atoms with Crippen molar-refractivity contribution < 1.29 is 0 Å². The van der Waals surface area contributed by atoms with E-state index in [0.29, 0.717) is 0 Å². The first kappa shape index (κ1) is 24.3. The van der Waals surface area contributed by atoms with Crippen LogP contribution in [-0.4, -0.2) is 24.6 Å². The molecule has 4 rings (SSSR count). The second-order valence-corrected chi connectivity index (χ2v) is 16.2. The predicted octanol–water partition coefficient (Wildman–Crippen LogP) is 6.70. The Hall–Kier alpha value is -2.78. The Kier molecular flexibility index (Phi) is 8.29. The highest BCUT2D eigenvalue weighted by molar-refractivity contribution is 7.93. The molecular formula is C32H34P2+2. The van der Waals surface area contributed by atoms with Crippen molar-refractivity contribution in [2.24, 2.45) is 0 Å². The van der Waals surface area contributed by atoms with Crippen LogP contribution in [-0.2, 0) is 0 Å². The highest BCUT2D eigenvalue weighted by atomic mass is 31.2. The Morgan fingerprint density at radius 2 is 0.647 bits per heavy atom. The second-order valence-electron chi connectivity index (χ2n) is 8.67. The van der Waals surface area contributed by atoms with E-state index in [1.807, 2.05) is 0 Å². The number of benzene rings is 4. The van der Waals surface area contributed by atoms with E-state index in [0.717, 1.165) is 24.6 Å². The molecule has 0 spiro atoms. The molecule has 2 heteroatoms. The van der Waals surface area contributed by atoms with Crippen LogP contribution >= 0.6 is 14.5 Å². The third-order valence-corrected chi connectivity index (χ3v) is 16.0. The molecule has 170 valence electrons. The van der Waals surface area contributed by atoms with E-state index in [1.165, 1.54) is 21.2 Å². The zero-order valence-electron chi connectivity index (χ0n) is 19.8. The summed E-state index contributed by atoms with van der Waals surface area (Å²) in [6, 6.07) is 44.7. The number of hydrogen-bond donors (Lipinski definition) is 0. The van der Waals surface area contributed by atoms with Crippen molar-refractivity contribution in [2.75, 3.05) is 24.6 Å². The normalized spacial score (nSPS) is 11.6. The summed E-state index contributed by atoms with van der Waals surface area (Å²) >= 11 is 0. The van der Waals surface area contributed by atoms with E-state index in [9.17, 15) is 0 Å². The molecule has 0 N–H and O–H groups in total. The van der Waals surface area contributed by atoms with Gasteiger partial charge in [0, 0.05) is 0 Å². The van der Waals surface area contributed by atoms with Crippen LogP contribution in [0.1, 0.15) is 0 Å². The number of allylic oxidation sites excluding steroid dienone is 2. The third-order valence-electron chi connectivity index (χ3n) is 6.75. The molecule has 0 aliphatic rings. The number of hydrogen-bond acceptors (Lipinski definition) is 0. The summed E-state index contributed by atoms with van der Waals surface area (Å²) in [5.74, 6) is 0. The van der Waals surface area contributed by atoms with Crippen molar-refractivity contribution in [3.63, 3.8) is 0 Å². The fourth-order valence-corrected chi connectivity index (χ4v) is 14.5. The topological polar surface area (TPSA) is 0 Å². The van der Waals surface area contributed by atoms with Gasteiger partial charge in [-0.15, -0.1) is 0 Å². The molecule has 0 heterocycles. The largest absolute Gasteiger partial charge is 0.103 e. The lowest BCUT2D eigenvalue weighted by atomic mass is 10.4. The minimum absolute atomic E-state index is 1.01. The smallest absolute Gasteiger partial charge is 0.0995 e. The summed E-state index contributed by atoms with van der Waals surface area (Å²) < 4.78 is 0. The fraction of sp³-hybridized carbons (Fsp3) is 0.125. The molecule has 0 nitrogen and oxygen atoms in total. The molecule has 0 atom stereocenters. The van der Waals surface area contributed by atoms with Crippen molar-refractivity contribution in [1.82, 2.24) is 0 Å². The zero-order valence-corrected chi connectivity index (χ0v) is 21.6. The summed E-state index contributed by atoms with van der Waals surface area (Å²) in [5, 5.41) is 5.88. The summed E-state index contributed by atoms with van der Waals surface area (Å²) in [7, 11) is -3.37. The highest BCUT2D eigenvalue weighted by Gasteiger charge is 2.49. The molecule has 0 saturated heterocycles. The van der Waals surface area contributed by atoms with Gasteiger partial charge in [0.15, 0.2) is 0 Å². The van der Waals surface area contributed by atoms with Gasteiger partial charge in [0.05, 0.1) is 48.1 Å². The molecule has 0 bridgehead atoms. The second kappa shape index (κ2) is 11.6. The van der Waals surface area contributed by atoms with Gasteiger partial charge in [0.1, 0.15) is 12.3 Å². The van der Waals surface area contributed by atoms with Gasteiger partial charge in [-0.1, -0.05) is 98.1 Å². The molecule has 0 radical (unpaired) electrons. The molecule has 0 fully saturated rings. The first-order chi connectivity index (χ1) is 16.7. The Bertz CT molecular complexity index is 993. The summed E-state index contributed by atoms with van der Waals surface area (Å²) in [5.41, 5.74) is 0. The number of rotatable bonds is 11. The van der Waals surface area contributed by atoms with Crippen LogP contribution in [0.4, 0.5) is 0 Å². The van der Waals surface area contributed by atoms with Crippen molar-refractivity contribution in [3.05, 3.63) is 147 Å². The third kappa shape index (κ3) is 5.00. The molecule has 0 amide bonds. The lowest BCUT2D eigenvalue weighted by Crippen LogP contribution is -2.33. The van der Waals surface area contributed by atoms with Crippen LogP contribution < -0.4 is 21.2 Å². The Morgan fingerprint density at radius 1 is 0.412 bits per heavy atom. The molecule has 0 unspecified atom stereocenters. The lowest BCUT2D eigenvalue weighted by Gasteiger charge is -2.31. The maximum atomic E-state index is 4.21.